The van der Waals surface area contributed by atoms with E-state index in [-0.39, 0.29) is 30.3 Å². The Labute approximate surface area is 235 Å². The van der Waals surface area contributed by atoms with Gasteiger partial charge < -0.3 is 19.4 Å². The summed E-state index contributed by atoms with van der Waals surface area (Å²) in [6.07, 6.45) is -9.35. The van der Waals surface area contributed by atoms with Crippen LogP contribution in [0.2, 0.25) is 0 Å². The van der Waals surface area contributed by atoms with Gasteiger partial charge in [-0.1, -0.05) is 31.2 Å². The second kappa shape index (κ2) is 11.1. The zero-order chi connectivity index (χ0) is 30.2. The number of hydrogen-bond donors (Lipinski definition) is 1. The van der Waals surface area contributed by atoms with Crippen molar-refractivity contribution >= 4 is 16.8 Å². The van der Waals surface area contributed by atoms with Gasteiger partial charge >= 0.3 is 12.4 Å². The van der Waals surface area contributed by atoms with Crippen molar-refractivity contribution in [1.29, 1.82) is 0 Å². The van der Waals surface area contributed by atoms with Crippen LogP contribution in [-0.4, -0.2) is 23.7 Å². The number of aromatic nitrogens is 1. The normalized spacial score (nSPS) is 13.1. The Balaban J connectivity index is 1.62. The summed E-state index contributed by atoms with van der Waals surface area (Å²) in [6.45, 7) is 1.97. The first-order valence-corrected chi connectivity index (χ1v) is 13.0. The molecular formula is C30H24F6N2O4. The molecule has 0 radical (unpaired) electrons. The molecule has 0 spiro atoms. The van der Waals surface area contributed by atoms with Crippen molar-refractivity contribution in [3.05, 3.63) is 93.3 Å². The molecule has 12 heteroatoms. The minimum atomic E-state index is -5.04. The number of halogens is 6. The SMILES string of the molecule is CCCOc1cccc(-c2c(C(=O)NCc3cc(C(F)(F)F)cc(C(F)(F)F)c3)c(=O)n3c4c(cccc24)OCC3)c1. The van der Waals surface area contributed by atoms with Crippen molar-refractivity contribution < 1.29 is 40.6 Å². The van der Waals surface area contributed by atoms with E-state index in [0.29, 0.717) is 46.7 Å². The molecule has 0 bridgehead atoms. The molecule has 0 aliphatic carbocycles. The van der Waals surface area contributed by atoms with Crippen LogP contribution in [0.25, 0.3) is 22.0 Å². The van der Waals surface area contributed by atoms with Gasteiger partial charge in [-0.3, -0.25) is 9.59 Å². The fourth-order valence-electron chi connectivity index (χ4n) is 4.92. The van der Waals surface area contributed by atoms with E-state index >= 15 is 0 Å². The summed E-state index contributed by atoms with van der Waals surface area (Å²) in [5.41, 5.74) is -3.27. The van der Waals surface area contributed by atoms with E-state index < -0.39 is 47.1 Å². The number of benzene rings is 3. The first kappa shape index (κ1) is 29.0. The predicted molar refractivity (Wildman–Crippen MR) is 143 cm³/mol. The van der Waals surface area contributed by atoms with Crippen molar-refractivity contribution in [2.24, 2.45) is 0 Å². The molecule has 0 unspecified atom stereocenters. The van der Waals surface area contributed by atoms with Crippen molar-refractivity contribution in [2.45, 2.75) is 38.8 Å². The monoisotopic (exact) mass is 590 g/mol. The van der Waals surface area contributed by atoms with Crippen molar-refractivity contribution in [1.82, 2.24) is 9.88 Å². The van der Waals surface area contributed by atoms with Crippen LogP contribution in [0.5, 0.6) is 11.5 Å². The number of nitrogens with zero attached hydrogens (tertiary/aromatic N) is 1. The maximum Gasteiger partial charge on any atom is 0.416 e. The van der Waals surface area contributed by atoms with Gasteiger partial charge in [0.15, 0.2) is 0 Å². The Morgan fingerprint density at radius 3 is 2.33 bits per heavy atom. The molecule has 0 saturated heterocycles. The fourth-order valence-corrected chi connectivity index (χ4v) is 4.92. The van der Waals surface area contributed by atoms with Crippen LogP contribution in [0.15, 0.2) is 65.5 Å². The standard InChI is InChI=1S/C30H24F6N2O4/c1-2-10-41-21-6-3-5-18(14-21)24-22-7-4-8-23-26(22)38(9-11-42-23)28(40)25(24)27(39)37-16-17-12-19(29(31,32)33)15-20(13-17)30(34,35)36/h3-8,12-15H,2,9-11,16H2,1H3,(H,37,39). The summed E-state index contributed by atoms with van der Waals surface area (Å²) in [7, 11) is 0. The summed E-state index contributed by atoms with van der Waals surface area (Å²) in [6, 6.07) is 12.9. The number of para-hydroxylation sites is 1. The number of rotatable bonds is 7. The van der Waals surface area contributed by atoms with E-state index in [1.54, 1.807) is 42.5 Å². The Bertz CT molecular complexity index is 1690. The number of ether oxygens (including phenoxy) is 2. The smallest absolute Gasteiger partial charge is 0.416 e. The molecule has 1 aliphatic rings. The molecule has 1 aliphatic heterocycles. The van der Waals surface area contributed by atoms with Crippen LogP contribution in [0.3, 0.4) is 0 Å². The van der Waals surface area contributed by atoms with Gasteiger partial charge in [0, 0.05) is 17.5 Å². The number of amides is 1. The molecule has 42 heavy (non-hydrogen) atoms. The van der Waals surface area contributed by atoms with Gasteiger partial charge in [-0.25, -0.2) is 0 Å². The molecule has 1 aromatic heterocycles. The van der Waals surface area contributed by atoms with E-state index in [4.69, 9.17) is 9.47 Å². The Kier molecular flexibility index (Phi) is 7.65. The Hall–Kier alpha value is -4.48. The highest BCUT2D eigenvalue weighted by molar-refractivity contribution is 6.10. The lowest BCUT2D eigenvalue weighted by atomic mass is 9.94. The average Bonchev–Trinajstić information content (AvgIpc) is 2.95. The van der Waals surface area contributed by atoms with Gasteiger partial charge in [0.1, 0.15) is 23.7 Å². The summed E-state index contributed by atoms with van der Waals surface area (Å²) in [5.74, 6) is -0.0318. The molecule has 4 aromatic rings. The fraction of sp³-hybridized carbons (Fsp3) is 0.267. The largest absolute Gasteiger partial charge is 0.494 e. The summed E-state index contributed by atoms with van der Waals surface area (Å²) in [4.78, 5) is 27.4. The van der Waals surface area contributed by atoms with Gasteiger partial charge in [0.25, 0.3) is 11.5 Å². The van der Waals surface area contributed by atoms with Crippen LogP contribution in [-0.2, 0) is 25.4 Å². The van der Waals surface area contributed by atoms with Gasteiger partial charge in [-0.2, -0.15) is 26.3 Å². The van der Waals surface area contributed by atoms with E-state index in [1.165, 1.54) is 4.57 Å². The molecule has 1 N–H and O–H groups in total. The van der Waals surface area contributed by atoms with Gasteiger partial charge in [0.05, 0.1) is 29.8 Å². The van der Waals surface area contributed by atoms with Gasteiger partial charge in [0.2, 0.25) is 0 Å². The van der Waals surface area contributed by atoms with Crippen LogP contribution in [0.4, 0.5) is 26.3 Å². The summed E-state index contributed by atoms with van der Waals surface area (Å²) >= 11 is 0. The number of pyridine rings is 1. The molecule has 3 aromatic carbocycles. The van der Waals surface area contributed by atoms with E-state index in [1.807, 2.05) is 6.92 Å². The summed E-state index contributed by atoms with van der Waals surface area (Å²) in [5, 5.41) is 2.87. The molecular weight excluding hydrogens is 566 g/mol. The third-order valence-electron chi connectivity index (χ3n) is 6.74. The molecule has 1 amide bonds. The Morgan fingerprint density at radius 1 is 0.976 bits per heavy atom. The second-order valence-electron chi connectivity index (χ2n) is 9.68. The minimum absolute atomic E-state index is 0.0111. The number of carbonyl (C=O) groups is 1. The van der Waals surface area contributed by atoms with E-state index in [9.17, 15) is 35.9 Å². The minimum Gasteiger partial charge on any atom is -0.494 e. The predicted octanol–water partition coefficient (Wildman–Crippen LogP) is 6.82. The van der Waals surface area contributed by atoms with Gasteiger partial charge in [-0.15, -0.1) is 0 Å². The molecule has 220 valence electrons. The molecule has 2 heterocycles. The Morgan fingerprint density at radius 2 is 1.67 bits per heavy atom. The third kappa shape index (κ3) is 5.65. The second-order valence-corrected chi connectivity index (χ2v) is 9.68. The van der Waals surface area contributed by atoms with E-state index in [2.05, 4.69) is 5.32 Å². The molecule has 0 saturated carbocycles. The zero-order valence-corrected chi connectivity index (χ0v) is 22.2. The highest BCUT2D eigenvalue weighted by Gasteiger charge is 2.37. The molecule has 0 atom stereocenters. The van der Waals surface area contributed by atoms with Crippen molar-refractivity contribution in [3.8, 4) is 22.6 Å². The lowest BCUT2D eigenvalue weighted by Crippen LogP contribution is -2.36. The third-order valence-corrected chi connectivity index (χ3v) is 6.74. The van der Waals surface area contributed by atoms with Crippen molar-refractivity contribution in [3.63, 3.8) is 0 Å². The highest BCUT2D eigenvalue weighted by Crippen LogP contribution is 2.38. The maximum absolute atomic E-state index is 13.8. The maximum atomic E-state index is 13.8. The average molecular weight is 591 g/mol. The van der Waals surface area contributed by atoms with Crippen LogP contribution >= 0.6 is 0 Å². The van der Waals surface area contributed by atoms with Crippen LogP contribution < -0.4 is 20.3 Å². The molecule has 0 fully saturated rings. The zero-order valence-electron chi connectivity index (χ0n) is 22.2. The van der Waals surface area contributed by atoms with Crippen LogP contribution in [0, 0.1) is 0 Å². The summed E-state index contributed by atoms with van der Waals surface area (Å²) < 4.78 is 93.0. The quantitative estimate of drug-likeness (QED) is 0.240. The van der Waals surface area contributed by atoms with Gasteiger partial charge in [-0.05, 0) is 53.9 Å². The van der Waals surface area contributed by atoms with Crippen molar-refractivity contribution in [2.75, 3.05) is 13.2 Å². The van der Waals surface area contributed by atoms with E-state index in [0.717, 1.165) is 6.42 Å². The first-order chi connectivity index (χ1) is 19.9. The number of carbonyl (C=O) groups excluding carboxylic acids is 1. The highest BCUT2D eigenvalue weighted by atomic mass is 19.4. The lowest BCUT2D eigenvalue weighted by Gasteiger charge is -2.24. The number of nitrogens with one attached hydrogen (secondary N) is 1. The topological polar surface area (TPSA) is 69.6 Å². The molecule has 6 nitrogen and oxygen atoms in total. The first-order valence-electron chi connectivity index (χ1n) is 13.0. The van der Waals surface area contributed by atoms with Crippen LogP contribution in [0.1, 0.15) is 40.4 Å². The lowest BCUT2D eigenvalue weighted by molar-refractivity contribution is -0.143. The molecule has 5 rings (SSSR count). The number of alkyl halides is 6. The number of hydrogen-bond acceptors (Lipinski definition) is 4.